The molecule has 17 heavy (non-hydrogen) atoms. The summed E-state index contributed by atoms with van der Waals surface area (Å²) in [6.45, 7) is 4.83. The lowest BCUT2D eigenvalue weighted by Crippen LogP contribution is -2.30. The molecule has 104 valence electrons. The Morgan fingerprint density at radius 1 is 0.941 bits per heavy atom. The van der Waals surface area contributed by atoms with E-state index in [1.54, 1.807) is 19.6 Å². The summed E-state index contributed by atoms with van der Waals surface area (Å²) in [6.07, 6.45) is 1.06. The van der Waals surface area contributed by atoms with Gasteiger partial charge in [0.2, 0.25) is 8.32 Å². The second-order valence-electron chi connectivity index (χ2n) is 4.31. The van der Waals surface area contributed by atoms with Gasteiger partial charge in [-0.25, -0.2) is 4.18 Å². The van der Waals surface area contributed by atoms with E-state index in [-0.39, 0.29) is 19.6 Å². The first-order valence-corrected chi connectivity index (χ1v) is 11.4. The largest absolute Gasteiger partial charge is 0.390 e. The van der Waals surface area contributed by atoms with E-state index in [9.17, 15) is 16.8 Å². The average Bonchev–Trinajstić information content (AvgIpc) is 1.95. The van der Waals surface area contributed by atoms with Gasteiger partial charge in [0.05, 0.1) is 19.5 Å². The highest BCUT2D eigenvalue weighted by molar-refractivity contribution is 7.86. The second kappa shape index (κ2) is 6.25. The topological polar surface area (TPSA) is 96.0 Å². The minimum atomic E-state index is -4.00. The summed E-state index contributed by atoms with van der Waals surface area (Å²) in [5, 5.41) is 0. The predicted molar refractivity (Wildman–Crippen MR) is 64.7 cm³/mol. The van der Waals surface area contributed by atoms with Crippen LogP contribution in [-0.2, 0) is 32.8 Å². The molecule has 0 aliphatic rings. The van der Waals surface area contributed by atoms with E-state index < -0.39 is 28.8 Å². The van der Waals surface area contributed by atoms with Crippen molar-refractivity contribution in [3.8, 4) is 0 Å². The van der Waals surface area contributed by atoms with E-state index in [0.29, 0.717) is 0 Å². The third kappa shape index (κ3) is 12.2. The molecular formula is C7H18O7S2Si. The van der Waals surface area contributed by atoms with Crippen LogP contribution in [0.25, 0.3) is 0 Å². The fourth-order valence-electron chi connectivity index (χ4n) is 0.760. The van der Waals surface area contributed by atoms with Gasteiger partial charge >= 0.3 is 10.4 Å². The molecule has 7 nitrogen and oxygen atoms in total. The molecule has 0 aliphatic carbocycles. The Labute approximate surface area is 104 Å². The lowest BCUT2D eigenvalue weighted by molar-refractivity contribution is 0.235. The van der Waals surface area contributed by atoms with Crippen LogP contribution in [0.2, 0.25) is 19.6 Å². The van der Waals surface area contributed by atoms with Crippen LogP contribution in [0.15, 0.2) is 0 Å². The first kappa shape index (κ1) is 17.0. The molecule has 0 amide bonds. The van der Waals surface area contributed by atoms with E-state index >= 15 is 0 Å². The van der Waals surface area contributed by atoms with E-state index in [1.807, 2.05) is 0 Å². The summed E-state index contributed by atoms with van der Waals surface area (Å²) in [5.41, 5.74) is 0. The molecule has 10 heteroatoms. The van der Waals surface area contributed by atoms with Gasteiger partial charge in [-0.15, -0.1) is 0 Å². The van der Waals surface area contributed by atoms with Crippen LogP contribution in [0.5, 0.6) is 0 Å². The third-order valence-electron chi connectivity index (χ3n) is 1.17. The highest BCUT2D eigenvalue weighted by Gasteiger charge is 2.24. The minimum absolute atomic E-state index is 0.124. The fourth-order valence-corrected chi connectivity index (χ4v) is 4.14. The maximum atomic E-state index is 11.2. The van der Waals surface area contributed by atoms with E-state index in [2.05, 4.69) is 8.37 Å². The van der Waals surface area contributed by atoms with Crippen LogP contribution in [0.3, 0.4) is 0 Å². The van der Waals surface area contributed by atoms with Gasteiger partial charge in [0, 0.05) is 0 Å². The van der Waals surface area contributed by atoms with Crippen molar-refractivity contribution in [2.75, 3.05) is 19.5 Å². The molecule has 0 atom stereocenters. The van der Waals surface area contributed by atoms with Gasteiger partial charge in [-0.05, 0) is 26.1 Å². The Bertz CT molecular complexity index is 420. The summed E-state index contributed by atoms with van der Waals surface area (Å²) in [6, 6.07) is 0. The van der Waals surface area contributed by atoms with Crippen molar-refractivity contribution in [3.63, 3.8) is 0 Å². The maximum Gasteiger partial charge on any atom is 0.390 e. The summed E-state index contributed by atoms with van der Waals surface area (Å²) in [4.78, 5) is 0. The number of hydrogen-bond donors (Lipinski definition) is 0. The predicted octanol–water partition coefficient (Wildman–Crippen LogP) is 0.466. The molecule has 0 heterocycles. The van der Waals surface area contributed by atoms with Gasteiger partial charge in [0.1, 0.15) is 0 Å². The smallest absolute Gasteiger partial charge is 0.294 e. The first-order chi connectivity index (χ1) is 7.41. The summed E-state index contributed by atoms with van der Waals surface area (Å²) in [5.74, 6) is 0. The monoisotopic (exact) mass is 306 g/mol. The zero-order valence-electron chi connectivity index (χ0n) is 10.3. The molecule has 0 unspecified atom stereocenters. The van der Waals surface area contributed by atoms with Crippen molar-refractivity contribution in [3.05, 3.63) is 0 Å². The van der Waals surface area contributed by atoms with Gasteiger partial charge in [-0.3, -0.25) is 8.06 Å². The molecule has 0 radical (unpaired) electrons. The molecule has 0 saturated carbocycles. The average molecular weight is 306 g/mol. The van der Waals surface area contributed by atoms with Crippen LogP contribution >= 0.6 is 0 Å². The van der Waals surface area contributed by atoms with Crippen LogP contribution < -0.4 is 0 Å². The molecule has 0 aliphatic heterocycles. The number of rotatable bonds is 8. The molecule has 0 aromatic rings. The van der Waals surface area contributed by atoms with Gasteiger partial charge < -0.3 is 0 Å². The molecule has 0 rings (SSSR count). The normalized spacial score (nSPS) is 13.9. The lowest BCUT2D eigenvalue weighted by atomic mass is 10.5. The van der Waals surface area contributed by atoms with Gasteiger partial charge in [-0.1, -0.05) is 0 Å². The van der Waals surface area contributed by atoms with Crippen LogP contribution in [-0.4, -0.2) is 44.6 Å². The Balaban J connectivity index is 3.90. The van der Waals surface area contributed by atoms with Crippen molar-refractivity contribution in [2.24, 2.45) is 0 Å². The zero-order valence-corrected chi connectivity index (χ0v) is 12.9. The Morgan fingerprint density at radius 3 is 1.82 bits per heavy atom. The van der Waals surface area contributed by atoms with Crippen molar-refractivity contribution in [2.45, 2.75) is 26.1 Å². The van der Waals surface area contributed by atoms with Crippen molar-refractivity contribution < 1.29 is 29.1 Å². The highest BCUT2D eigenvalue weighted by atomic mass is 32.3. The van der Waals surface area contributed by atoms with Gasteiger partial charge in [0.15, 0.2) is 0 Å². The van der Waals surface area contributed by atoms with Crippen LogP contribution in [0, 0.1) is 0 Å². The van der Waals surface area contributed by atoms with E-state index in [1.165, 1.54) is 0 Å². The second-order valence-corrected chi connectivity index (χ2v) is 11.9. The number of hydrogen-bond acceptors (Lipinski definition) is 7. The van der Waals surface area contributed by atoms with E-state index in [4.69, 9.17) is 3.87 Å². The maximum absolute atomic E-state index is 11.2. The zero-order chi connectivity index (χ0) is 13.7. The third-order valence-corrected chi connectivity index (χ3v) is 5.03. The standard InChI is InChI=1S/C7H18O7S2Si/c1-15(8,9)12-6-5-7-13-16(10,11)14-17(2,3)4/h5-7H2,1-4H3. The Morgan fingerprint density at radius 2 is 1.41 bits per heavy atom. The van der Waals surface area contributed by atoms with Gasteiger partial charge in [-0.2, -0.15) is 16.8 Å². The molecule has 0 saturated heterocycles. The molecular weight excluding hydrogens is 288 g/mol. The minimum Gasteiger partial charge on any atom is -0.294 e. The fraction of sp³-hybridized carbons (Fsp3) is 1.00. The summed E-state index contributed by atoms with van der Waals surface area (Å²) < 4.78 is 57.4. The molecule has 0 spiro atoms. The Hall–Kier alpha value is -0.00312. The molecule has 0 fully saturated rings. The van der Waals surface area contributed by atoms with Crippen LogP contribution in [0.4, 0.5) is 0 Å². The SMILES string of the molecule is C[Si](C)(C)OS(=O)(=O)OCCCOS(C)(=O)=O. The Kier molecular flexibility index (Phi) is 6.25. The molecule has 0 N–H and O–H groups in total. The molecule has 0 bridgehead atoms. The van der Waals surface area contributed by atoms with Crippen molar-refractivity contribution >= 4 is 28.8 Å². The summed E-state index contributed by atoms with van der Waals surface area (Å²) >= 11 is 0. The highest BCUT2D eigenvalue weighted by Crippen LogP contribution is 2.09. The first-order valence-electron chi connectivity index (χ1n) is 4.86. The molecule has 0 aromatic carbocycles. The quantitative estimate of drug-likeness (QED) is 0.365. The molecule has 0 aromatic heterocycles. The van der Waals surface area contributed by atoms with E-state index in [0.717, 1.165) is 6.26 Å². The summed E-state index contributed by atoms with van der Waals surface area (Å²) in [7, 11) is -9.73. The van der Waals surface area contributed by atoms with Crippen LogP contribution in [0.1, 0.15) is 6.42 Å². The van der Waals surface area contributed by atoms with Gasteiger partial charge in [0.25, 0.3) is 10.1 Å². The van der Waals surface area contributed by atoms with Crippen molar-refractivity contribution in [1.29, 1.82) is 0 Å². The van der Waals surface area contributed by atoms with Crippen molar-refractivity contribution in [1.82, 2.24) is 0 Å². The lowest BCUT2D eigenvalue weighted by Gasteiger charge is -2.15.